The van der Waals surface area contributed by atoms with Crippen LogP contribution in [0.25, 0.3) is 0 Å². The van der Waals surface area contributed by atoms with Gasteiger partial charge >= 0.3 is 5.84 Å². The highest BCUT2D eigenvalue weighted by Gasteiger charge is 2.24. The number of rotatable bonds is 3. The number of para-hydroxylation sites is 1. The van der Waals surface area contributed by atoms with E-state index in [0.29, 0.717) is 24.3 Å². The Balaban J connectivity index is 2.24. The van der Waals surface area contributed by atoms with Gasteiger partial charge < -0.3 is 15.4 Å². The Kier molecular flexibility index (Phi) is 3.68. The van der Waals surface area contributed by atoms with Gasteiger partial charge in [-0.25, -0.2) is 0 Å². The number of nitro groups is 1. The number of hydrogen-bond donors (Lipinski definition) is 2. The molecule has 1 heterocycles. The van der Waals surface area contributed by atoms with Crippen molar-refractivity contribution >= 4 is 17.4 Å². The molecule has 0 atom stereocenters. The van der Waals surface area contributed by atoms with E-state index in [1.165, 1.54) is 0 Å². The van der Waals surface area contributed by atoms with E-state index in [1.807, 2.05) is 6.07 Å². The predicted molar refractivity (Wildman–Crippen MR) is 69.5 cm³/mol. The molecule has 8 nitrogen and oxygen atoms in total. The summed E-state index contributed by atoms with van der Waals surface area (Å²) in [6.45, 7) is 1.04. The van der Waals surface area contributed by atoms with Crippen LogP contribution >= 0.6 is 0 Å². The number of hydrazone groups is 1. The molecule has 0 fully saturated rings. The van der Waals surface area contributed by atoms with Gasteiger partial charge in [0.05, 0.1) is 22.9 Å². The Morgan fingerprint density at radius 1 is 1.58 bits per heavy atom. The molecule has 1 aromatic rings. The maximum atomic E-state index is 10.9. The first kappa shape index (κ1) is 12.5. The van der Waals surface area contributed by atoms with Crippen molar-refractivity contribution in [1.82, 2.24) is 5.32 Å². The first-order valence-electron chi connectivity index (χ1n) is 5.48. The van der Waals surface area contributed by atoms with Crippen LogP contribution in [0.1, 0.15) is 5.56 Å². The molecule has 19 heavy (non-hydrogen) atoms. The molecule has 1 aliphatic rings. The highest BCUT2D eigenvalue weighted by Crippen LogP contribution is 2.13. The van der Waals surface area contributed by atoms with Crippen molar-refractivity contribution in [2.24, 2.45) is 10.1 Å². The lowest BCUT2D eigenvalue weighted by Crippen LogP contribution is -2.33. The number of anilines is 1. The van der Waals surface area contributed by atoms with Crippen LogP contribution in [-0.4, -0.2) is 29.7 Å². The Hall–Kier alpha value is -2.95. The summed E-state index contributed by atoms with van der Waals surface area (Å²) < 4.78 is 0. The van der Waals surface area contributed by atoms with E-state index in [1.54, 1.807) is 24.3 Å². The average molecular weight is 258 g/mol. The second-order valence-electron chi connectivity index (χ2n) is 3.62. The lowest BCUT2D eigenvalue weighted by Gasteiger charge is -2.01. The van der Waals surface area contributed by atoms with Gasteiger partial charge in [-0.3, -0.25) is 4.99 Å². The summed E-state index contributed by atoms with van der Waals surface area (Å²) >= 11 is 0. The molecule has 0 radical (unpaired) electrons. The number of amidine groups is 2. The molecule has 2 rings (SSSR count). The van der Waals surface area contributed by atoms with Crippen molar-refractivity contribution in [2.45, 2.75) is 0 Å². The van der Waals surface area contributed by atoms with Gasteiger partial charge in [-0.05, 0) is 17.1 Å². The third-order valence-electron chi connectivity index (χ3n) is 2.39. The van der Waals surface area contributed by atoms with Gasteiger partial charge in [0.1, 0.15) is 6.07 Å². The molecular weight excluding hydrogens is 248 g/mol. The molecule has 0 unspecified atom stereocenters. The molecule has 0 bridgehead atoms. The summed E-state index contributed by atoms with van der Waals surface area (Å²) in [6.07, 6.45) is 0. The molecule has 0 spiro atoms. The normalized spacial score (nSPS) is 14.3. The molecule has 2 N–H and O–H groups in total. The first-order chi connectivity index (χ1) is 9.22. The third-order valence-corrected chi connectivity index (χ3v) is 2.39. The predicted octanol–water partition coefficient (Wildman–Crippen LogP) is 0.562. The van der Waals surface area contributed by atoms with Crippen LogP contribution < -0.4 is 10.7 Å². The van der Waals surface area contributed by atoms with Crippen molar-refractivity contribution in [3.8, 4) is 6.07 Å². The number of hydrogen-bond acceptors (Lipinski definition) is 7. The van der Waals surface area contributed by atoms with Gasteiger partial charge in [0.15, 0.2) is 0 Å². The van der Waals surface area contributed by atoms with Crippen LogP contribution in [0.2, 0.25) is 0 Å². The zero-order valence-electron chi connectivity index (χ0n) is 9.83. The second-order valence-corrected chi connectivity index (χ2v) is 3.62. The molecule has 0 saturated heterocycles. The number of nitrogens with one attached hydrogen (secondary N) is 2. The Labute approximate surface area is 108 Å². The van der Waals surface area contributed by atoms with E-state index in [0.717, 1.165) is 0 Å². The van der Waals surface area contributed by atoms with Gasteiger partial charge in [0.2, 0.25) is 5.84 Å². The molecule has 0 amide bonds. The van der Waals surface area contributed by atoms with E-state index in [2.05, 4.69) is 20.8 Å². The summed E-state index contributed by atoms with van der Waals surface area (Å²) in [5.74, 6) is -0.253. The van der Waals surface area contributed by atoms with Crippen LogP contribution in [0.15, 0.2) is 34.4 Å². The first-order valence-corrected chi connectivity index (χ1v) is 5.48. The summed E-state index contributed by atoms with van der Waals surface area (Å²) in [7, 11) is 0. The summed E-state index contributed by atoms with van der Waals surface area (Å²) in [4.78, 5) is 14.2. The van der Waals surface area contributed by atoms with E-state index in [9.17, 15) is 10.1 Å². The molecule has 8 heteroatoms. The molecule has 96 valence electrons. The van der Waals surface area contributed by atoms with Crippen LogP contribution in [0, 0.1) is 21.4 Å². The highest BCUT2D eigenvalue weighted by atomic mass is 16.6. The van der Waals surface area contributed by atoms with Crippen molar-refractivity contribution in [2.75, 3.05) is 18.5 Å². The SMILES string of the molecule is N#Cc1ccccc1N/N=C(/C1=NCCN1)[N+](=O)[O-]. The second kappa shape index (κ2) is 5.59. The minimum absolute atomic E-state index is 0.145. The van der Waals surface area contributed by atoms with Crippen LogP contribution in [0.4, 0.5) is 5.69 Å². The Morgan fingerprint density at radius 2 is 2.37 bits per heavy atom. The number of nitriles is 1. The molecule has 1 aliphatic heterocycles. The van der Waals surface area contributed by atoms with Gasteiger partial charge in [-0.2, -0.15) is 10.7 Å². The minimum Gasteiger partial charge on any atom is -0.361 e. The van der Waals surface area contributed by atoms with E-state index >= 15 is 0 Å². The lowest BCUT2D eigenvalue weighted by atomic mass is 10.2. The molecule has 0 saturated carbocycles. The number of nitrogens with zero attached hydrogens (tertiary/aromatic N) is 4. The van der Waals surface area contributed by atoms with Crippen LogP contribution in [-0.2, 0) is 0 Å². The average Bonchev–Trinajstić information content (AvgIpc) is 2.93. The minimum atomic E-state index is -0.626. The maximum Gasteiger partial charge on any atom is 0.430 e. The molecular formula is C11H10N6O2. The van der Waals surface area contributed by atoms with E-state index in [4.69, 9.17) is 5.26 Å². The van der Waals surface area contributed by atoms with E-state index in [-0.39, 0.29) is 5.84 Å². The lowest BCUT2D eigenvalue weighted by molar-refractivity contribution is -0.346. The zero-order chi connectivity index (χ0) is 13.7. The largest absolute Gasteiger partial charge is 0.430 e. The standard InChI is InChI=1S/C11H10N6O2/c12-7-8-3-1-2-4-9(8)15-16-11(17(18)19)10-13-5-6-14-10/h1-4,15H,5-6H2,(H,13,14)/b16-11-. The fourth-order valence-electron chi connectivity index (χ4n) is 1.52. The van der Waals surface area contributed by atoms with Crippen LogP contribution in [0.5, 0.6) is 0 Å². The van der Waals surface area contributed by atoms with Gasteiger partial charge in [0, 0.05) is 6.54 Å². The van der Waals surface area contributed by atoms with Crippen LogP contribution in [0.3, 0.4) is 0 Å². The molecule has 0 aliphatic carbocycles. The summed E-state index contributed by atoms with van der Waals surface area (Å²) in [5.41, 5.74) is 3.29. The van der Waals surface area contributed by atoms with E-state index < -0.39 is 10.8 Å². The fourth-order valence-corrected chi connectivity index (χ4v) is 1.52. The Bertz CT molecular complexity index is 601. The zero-order valence-corrected chi connectivity index (χ0v) is 9.83. The Morgan fingerprint density at radius 3 is 3.00 bits per heavy atom. The maximum absolute atomic E-state index is 10.9. The van der Waals surface area contributed by atoms with Gasteiger partial charge in [-0.15, -0.1) is 0 Å². The fraction of sp³-hybridized carbons (Fsp3) is 0.182. The summed E-state index contributed by atoms with van der Waals surface area (Å²) in [6, 6.07) is 8.58. The smallest absolute Gasteiger partial charge is 0.361 e. The number of aliphatic imine (C=N–C) groups is 1. The van der Waals surface area contributed by atoms with Gasteiger partial charge in [-0.1, -0.05) is 12.1 Å². The number of benzene rings is 1. The molecule has 0 aromatic heterocycles. The van der Waals surface area contributed by atoms with Crippen molar-refractivity contribution in [1.29, 1.82) is 5.26 Å². The van der Waals surface area contributed by atoms with Crippen molar-refractivity contribution < 1.29 is 4.92 Å². The van der Waals surface area contributed by atoms with Crippen molar-refractivity contribution in [3.05, 3.63) is 39.9 Å². The summed E-state index contributed by atoms with van der Waals surface area (Å²) in [5, 5.41) is 26.3. The van der Waals surface area contributed by atoms with Crippen molar-refractivity contribution in [3.63, 3.8) is 0 Å². The molecule has 1 aromatic carbocycles. The quantitative estimate of drug-likeness (QED) is 0.355. The monoisotopic (exact) mass is 258 g/mol. The van der Waals surface area contributed by atoms with Gasteiger partial charge in [0.25, 0.3) is 0 Å². The topological polar surface area (TPSA) is 116 Å². The highest BCUT2D eigenvalue weighted by molar-refractivity contribution is 6.37. The third kappa shape index (κ3) is 2.84.